The topological polar surface area (TPSA) is 87.2 Å². The predicted octanol–water partition coefficient (Wildman–Crippen LogP) is 2.07. The van der Waals surface area contributed by atoms with Crippen LogP contribution >= 0.6 is 0 Å². The number of amidine groups is 1. The molecule has 2 aromatic carbocycles. The number of amides is 1. The Morgan fingerprint density at radius 1 is 1.33 bits per heavy atom. The number of hydrogen-bond donors (Lipinski definition) is 3. The van der Waals surface area contributed by atoms with E-state index < -0.39 is 12.9 Å². The van der Waals surface area contributed by atoms with Gasteiger partial charge in [-0.1, -0.05) is 12.1 Å². The molecular weight excluding hydrogens is 389 g/mol. The fourth-order valence-electron chi connectivity index (χ4n) is 3.86. The Bertz CT molecular complexity index is 1020. The highest BCUT2D eigenvalue weighted by atomic mass is 19.1. The number of alkyl halides is 1. The molecule has 1 fully saturated rings. The Kier molecular flexibility index (Phi) is 4.66. The Morgan fingerprint density at radius 2 is 2.20 bits per heavy atom. The summed E-state index contributed by atoms with van der Waals surface area (Å²) in [5.41, 5.74) is 6.03. The molecule has 2 aromatic rings. The Hall–Kier alpha value is -3.33. The van der Waals surface area contributed by atoms with Crippen molar-refractivity contribution in [2.75, 3.05) is 36.8 Å². The number of ether oxygens (including phenoxy) is 2. The maximum atomic E-state index is 12.7. The van der Waals surface area contributed by atoms with E-state index in [1.807, 2.05) is 36.1 Å². The zero-order valence-electron chi connectivity index (χ0n) is 16.4. The van der Waals surface area contributed by atoms with E-state index in [1.165, 1.54) is 0 Å². The fraction of sp³-hybridized carbons (Fsp3) is 0.333. The van der Waals surface area contributed by atoms with Crippen molar-refractivity contribution < 1.29 is 18.7 Å². The van der Waals surface area contributed by atoms with Crippen molar-refractivity contribution in [3.05, 3.63) is 36.4 Å². The number of rotatable bonds is 5. The first-order valence-electron chi connectivity index (χ1n) is 9.87. The molecule has 0 spiro atoms. The largest absolute Gasteiger partial charge is 0.483 e. The molecule has 0 bridgehead atoms. The first-order chi connectivity index (χ1) is 14.6. The van der Waals surface area contributed by atoms with Gasteiger partial charge in [-0.3, -0.25) is 4.79 Å². The quantitative estimate of drug-likeness (QED) is 0.698. The van der Waals surface area contributed by atoms with Crippen LogP contribution in [0.5, 0.6) is 11.5 Å². The zero-order chi connectivity index (χ0) is 20.7. The fourth-order valence-corrected chi connectivity index (χ4v) is 3.86. The van der Waals surface area contributed by atoms with Gasteiger partial charge < -0.3 is 25.0 Å². The number of hydrogen-bond acceptors (Lipinski definition) is 7. The molecule has 1 saturated heterocycles. The number of nitrogens with one attached hydrogen (secondary N) is 3. The number of halogens is 1. The molecule has 3 N–H and O–H groups in total. The standard InChI is InChI=1S/C21H22FN5O3/c1-12-21(28)26-25-20-10-29-19-6-16(13-3-2-4-15(5-13)30-11-22)17(7-18(19)27(12)20)24-14-8-23-9-14/h2-7,12,14,23-24H,8-11H2,1H3,(H,26,28). The average molecular weight is 411 g/mol. The van der Waals surface area contributed by atoms with Crippen molar-refractivity contribution in [3.8, 4) is 22.6 Å². The van der Waals surface area contributed by atoms with Crippen molar-refractivity contribution in [2.24, 2.45) is 5.10 Å². The number of carbonyl (C=O) groups excluding carboxylic acids is 1. The predicted molar refractivity (Wildman–Crippen MR) is 112 cm³/mol. The van der Waals surface area contributed by atoms with Crippen LogP contribution in [0.2, 0.25) is 0 Å². The maximum Gasteiger partial charge on any atom is 0.262 e. The zero-order valence-corrected chi connectivity index (χ0v) is 16.4. The second-order valence-corrected chi connectivity index (χ2v) is 7.49. The van der Waals surface area contributed by atoms with Crippen LogP contribution in [-0.2, 0) is 4.79 Å². The van der Waals surface area contributed by atoms with Crippen molar-refractivity contribution in [3.63, 3.8) is 0 Å². The molecule has 156 valence electrons. The van der Waals surface area contributed by atoms with Crippen LogP contribution in [-0.4, -0.2) is 50.4 Å². The van der Waals surface area contributed by atoms with Gasteiger partial charge in [0.15, 0.2) is 5.84 Å². The van der Waals surface area contributed by atoms with Gasteiger partial charge in [-0.2, -0.15) is 5.10 Å². The first kappa shape index (κ1) is 18.7. The van der Waals surface area contributed by atoms with E-state index in [0.717, 1.165) is 35.6 Å². The summed E-state index contributed by atoms with van der Waals surface area (Å²) >= 11 is 0. The molecule has 8 nitrogen and oxygen atoms in total. The van der Waals surface area contributed by atoms with E-state index in [0.29, 0.717) is 23.4 Å². The lowest BCUT2D eigenvalue weighted by atomic mass is 9.99. The molecule has 0 saturated carbocycles. The number of anilines is 2. The molecule has 3 heterocycles. The van der Waals surface area contributed by atoms with Crippen LogP contribution in [0.4, 0.5) is 15.8 Å². The molecule has 9 heteroatoms. The minimum Gasteiger partial charge on any atom is -0.483 e. The van der Waals surface area contributed by atoms with Crippen LogP contribution in [0.25, 0.3) is 11.1 Å². The summed E-state index contributed by atoms with van der Waals surface area (Å²) in [6, 6.07) is 11.2. The van der Waals surface area contributed by atoms with Crippen molar-refractivity contribution >= 4 is 23.1 Å². The number of fused-ring (bicyclic) bond motifs is 3. The van der Waals surface area contributed by atoms with Crippen molar-refractivity contribution in [2.45, 2.75) is 19.0 Å². The summed E-state index contributed by atoms with van der Waals surface area (Å²) in [5.74, 6) is 1.63. The third-order valence-corrected chi connectivity index (χ3v) is 5.56. The molecule has 0 aromatic heterocycles. The molecule has 1 unspecified atom stereocenters. The lowest BCUT2D eigenvalue weighted by Gasteiger charge is -2.39. The van der Waals surface area contributed by atoms with Crippen LogP contribution in [0.15, 0.2) is 41.5 Å². The molecule has 0 aliphatic carbocycles. The van der Waals surface area contributed by atoms with Gasteiger partial charge >= 0.3 is 0 Å². The Morgan fingerprint density at radius 3 is 2.97 bits per heavy atom. The smallest absolute Gasteiger partial charge is 0.262 e. The highest BCUT2D eigenvalue weighted by molar-refractivity contribution is 6.10. The van der Waals surface area contributed by atoms with Crippen LogP contribution < -0.4 is 30.4 Å². The number of nitrogens with zero attached hydrogens (tertiary/aromatic N) is 2. The lowest BCUT2D eigenvalue weighted by Crippen LogP contribution is -2.55. The molecule has 1 atom stereocenters. The van der Waals surface area contributed by atoms with Crippen LogP contribution in [0, 0.1) is 0 Å². The molecular formula is C21H22FN5O3. The van der Waals surface area contributed by atoms with Gasteiger partial charge in [0, 0.05) is 24.3 Å². The first-order valence-corrected chi connectivity index (χ1v) is 9.87. The van der Waals surface area contributed by atoms with E-state index in [-0.39, 0.29) is 12.5 Å². The Labute approximate surface area is 173 Å². The highest BCUT2D eigenvalue weighted by Gasteiger charge is 2.36. The summed E-state index contributed by atoms with van der Waals surface area (Å²) in [6.07, 6.45) is 0. The monoisotopic (exact) mass is 411 g/mol. The van der Waals surface area contributed by atoms with Gasteiger partial charge in [0.2, 0.25) is 6.86 Å². The summed E-state index contributed by atoms with van der Waals surface area (Å²) in [7, 11) is 0. The minimum atomic E-state index is -0.882. The second-order valence-electron chi connectivity index (χ2n) is 7.49. The summed E-state index contributed by atoms with van der Waals surface area (Å²) in [6.45, 7) is 2.96. The third-order valence-electron chi connectivity index (χ3n) is 5.56. The molecule has 3 aliphatic rings. The highest BCUT2D eigenvalue weighted by Crippen LogP contribution is 2.43. The SMILES string of the molecule is CC1C(=O)NN=C2COc3cc(-c4cccc(OCF)c4)c(NC4CNC4)cc3N21. The number of hydrazone groups is 1. The molecule has 3 aliphatic heterocycles. The summed E-state index contributed by atoms with van der Waals surface area (Å²) in [5, 5.41) is 11.0. The molecule has 30 heavy (non-hydrogen) atoms. The van der Waals surface area contributed by atoms with Gasteiger partial charge in [-0.05, 0) is 36.8 Å². The van der Waals surface area contributed by atoms with E-state index in [9.17, 15) is 9.18 Å². The van der Waals surface area contributed by atoms with E-state index in [4.69, 9.17) is 9.47 Å². The van der Waals surface area contributed by atoms with Gasteiger partial charge in [0.05, 0.1) is 11.7 Å². The van der Waals surface area contributed by atoms with Gasteiger partial charge in [0.1, 0.15) is 24.1 Å². The van der Waals surface area contributed by atoms with Gasteiger partial charge in [-0.25, -0.2) is 9.82 Å². The maximum absolute atomic E-state index is 12.7. The summed E-state index contributed by atoms with van der Waals surface area (Å²) in [4.78, 5) is 14.1. The van der Waals surface area contributed by atoms with Crippen molar-refractivity contribution in [1.29, 1.82) is 0 Å². The number of benzene rings is 2. The van der Waals surface area contributed by atoms with Crippen LogP contribution in [0.3, 0.4) is 0 Å². The van der Waals surface area contributed by atoms with Gasteiger partial charge in [-0.15, -0.1) is 0 Å². The van der Waals surface area contributed by atoms with E-state index >= 15 is 0 Å². The van der Waals surface area contributed by atoms with E-state index in [1.54, 1.807) is 12.1 Å². The normalized spacial score (nSPS) is 20.2. The van der Waals surface area contributed by atoms with Crippen molar-refractivity contribution in [1.82, 2.24) is 10.7 Å². The molecule has 1 amide bonds. The molecule has 0 radical (unpaired) electrons. The summed E-state index contributed by atoms with van der Waals surface area (Å²) < 4.78 is 23.7. The Balaban J connectivity index is 1.61. The number of carbonyl (C=O) groups is 1. The second kappa shape index (κ2) is 7.49. The lowest BCUT2D eigenvalue weighted by molar-refractivity contribution is -0.122. The minimum absolute atomic E-state index is 0.163. The molecule has 5 rings (SSSR count). The average Bonchev–Trinajstić information content (AvgIpc) is 2.73. The third kappa shape index (κ3) is 3.21. The van der Waals surface area contributed by atoms with Crippen LogP contribution in [0.1, 0.15) is 6.92 Å². The van der Waals surface area contributed by atoms with E-state index in [2.05, 4.69) is 21.2 Å². The van der Waals surface area contributed by atoms with Gasteiger partial charge in [0.25, 0.3) is 5.91 Å².